The van der Waals surface area contributed by atoms with Gasteiger partial charge >= 0.3 is 0 Å². The highest BCUT2D eigenvalue weighted by Crippen LogP contribution is 2.59. The molecule has 0 saturated carbocycles. The molecule has 4 nitrogen and oxygen atoms in total. The second-order valence-electron chi connectivity index (χ2n) is 19.5. The average Bonchev–Trinajstić information content (AvgIpc) is 3.63. The molecule has 0 bridgehead atoms. The van der Waals surface area contributed by atoms with E-state index in [-0.39, 0.29) is 5.41 Å². The molecule has 9 aromatic carbocycles. The molecule has 2 unspecified atom stereocenters. The maximum Gasteiger partial charge on any atom is 0.151 e. The highest BCUT2D eigenvalue weighted by Gasteiger charge is 2.46. The number of benzene rings is 9. The normalized spacial score (nSPS) is 18.1. The molecule has 3 aliphatic carbocycles. The number of anilines is 6. The van der Waals surface area contributed by atoms with E-state index in [1.807, 2.05) is 24.3 Å². The number of hydrogen-bond acceptors (Lipinski definition) is 4. The van der Waals surface area contributed by atoms with E-state index in [4.69, 9.17) is 9.47 Å². The van der Waals surface area contributed by atoms with Gasteiger partial charge < -0.3 is 19.3 Å². The number of nitrogens with zero attached hydrogens (tertiary/aromatic N) is 2. The second kappa shape index (κ2) is 15.3. The largest absolute Gasteiger partial charge is 0.453 e. The van der Waals surface area contributed by atoms with Crippen LogP contribution < -0.4 is 19.3 Å². The molecule has 0 saturated heterocycles. The van der Waals surface area contributed by atoms with Crippen molar-refractivity contribution in [1.82, 2.24) is 0 Å². The first-order chi connectivity index (χ1) is 34.0. The third-order valence-corrected chi connectivity index (χ3v) is 15.5. The first-order valence-electron chi connectivity index (χ1n) is 24.3. The molecule has 0 fully saturated rings. The molecule has 0 amide bonds. The van der Waals surface area contributed by atoms with Gasteiger partial charge in [0.1, 0.15) is 0 Å². The van der Waals surface area contributed by atoms with Gasteiger partial charge in [0.2, 0.25) is 0 Å². The van der Waals surface area contributed by atoms with Gasteiger partial charge in [0.25, 0.3) is 0 Å². The summed E-state index contributed by atoms with van der Waals surface area (Å²) in [6.07, 6.45) is 14.0. The van der Waals surface area contributed by atoms with Crippen LogP contribution in [-0.2, 0) is 0 Å². The summed E-state index contributed by atoms with van der Waals surface area (Å²) in [6, 6.07) is 67.9. The summed E-state index contributed by atoms with van der Waals surface area (Å²) in [5, 5.41) is 4.78. The maximum absolute atomic E-state index is 6.54. The molecule has 0 N–H and O–H groups in total. The lowest BCUT2D eigenvalue weighted by atomic mass is 9.72. The summed E-state index contributed by atoms with van der Waals surface area (Å²) in [6.45, 7) is 4.91. The Morgan fingerprint density at radius 2 is 0.928 bits per heavy atom. The van der Waals surface area contributed by atoms with Crippen LogP contribution in [0.25, 0.3) is 49.4 Å². The fourth-order valence-electron chi connectivity index (χ4n) is 12.3. The summed E-state index contributed by atoms with van der Waals surface area (Å²) in [5.41, 5.74) is 16.9. The van der Waals surface area contributed by atoms with E-state index in [9.17, 15) is 0 Å². The van der Waals surface area contributed by atoms with Gasteiger partial charge in [-0.1, -0.05) is 165 Å². The zero-order valence-corrected chi connectivity index (χ0v) is 38.6. The fourth-order valence-corrected chi connectivity index (χ4v) is 12.3. The Kier molecular flexibility index (Phi) is 8.85. The molecule has 0 aromatic heterocycles. The standard InChI is InChI=1S/C65H48N2O2/c1-65(2)53-23-9-8-21-46(53)47-35-32-42(38-54(47)65)45-20-6-7-22-48(45)64-50-37-34-43(66-55-24-10-14-28-59(55)68-60-29-15-11-25-56(60)66)39-51(50)63(41-18-4-3-5-19-41)49-36-33-44(40-52(49)64)67-57-26-12-16-30-61(57)69-62-31-17-13-27-58(62)67/h3-31,33-34,36-40,46,53H,32,35H2,1-2H3. The van der Waals surface area contributed by atoms with Gasteiger partial charge in [-0.25, -0.2) is 0 Å². The van der Waals surface area contributed by atoms with E-state index in [2.05, 4.69) is 218 Å². The summed E-state index contributed by atoms with van der Waals surface area (Å²) in [7, 11) is 0. The Bertz CT molecular complexity index is 3650. The average molecular weight is 889 g/mol. The third kappa shape index (κ3) is 6.08. The van der Waals surface area contributed by atoms with Crippen molar-refractivity contribution in [2.24, 2.45) is 17.3 Å². The number of para-hydroxylation sites is 8. The molecule has 2 aliphatic heterocycles. The summed E-state index contributed by atoms with van der Waals surface area (Å²) >= 11 is 0. The fraction of sp³-hybridized carbons (Fsp3) is 0.108. The molecule has 14 rings (SSSR count). The lowest BCUT2D eigenvalue weighted by Gasteiger charge is -2.34. The van der Waals surface area contributed by atoms with Crippen molar-refractivity contribution in [3.63, 3.8) is 0 Å². The van der Waals surface area contributed by atoms with Crippen molar-refractivity contribution >= 4 is 61.2 Å². The maximum atomic E-state index is 6.54. The van der Waals surface area contributed by atoms with Gasteiger partial charge in [-0.05, 0) is 157 Å². The molecule has 5 aliphatic rings. The van der Waals surface area contributed by atoms with E-state index in [1.54, 1.807) is 5.57 Å². The minimum absolute atomic E-state index is 0.0331. The molecular formula is C65H48N2O2. The van der Waals surface area contributed by atoms with Crippen molar-refractivity contribution in [3.05, 3.63) is 235 Å². The van der Waals surface area contributed by atoms with Gasteiger partial charge in [0.05, 0.1) is 22.7 Å². The third-order valence-electron chi connectivity index (χ3n) is 15.5. The monoisotopic (exact) mass is 888 g/mol. The van der Waals surface area contributed by atoms with Crippen LogP contribution in [0.5, 0.6) is 23.0 Å². The SMILES string of the molecule is CC1(C)C2=C(CCC(c3ccccc3-c3c4ccc(N5c6ccccc6Oc6ccccc65)cc4c(-c4ccccc4)c4ccc(N5c6ccccc6Oc6ccccc65)cc34)=C2)C2C=CC=CC21. The molecular weight excluding hydrogens is 841 g/mol. The zero-order chi connectivity index (χ0) is 45.8. The van der Waals surface area contributed by atoms with E-state index in [0.717, 1.165) is 70.0 Å². The van der Waals surface area contributed by atoms with Crippen LogP contribution in [-0.4, -0.2) is 0 Å². The Hall–Kier alpha value is -8.34. The van der Waals surface area contributed by atoms with E-state index < -0.39 is 0 Å². The van der Waals surface area contributed by atoms with Crippen LogP contribution in [0.4, 0.5) is 34.1 Å². The van der Waals surface area contributed by atoms with Crippen LogP contribution >= 0.6 is 0 Å². The molecule has 330 valence electrons. The topological polar surface area (TPSA) is 24.9 Å². The van der Waals surface area contributed by atoms with Crippen LogP contribution in [0.3, 0.4) is 0 Å². The molecule has 0 spiro atoms. The predicted octanol–water partition coefficient (Wildman–Crippen LogP) is 18.3. The minimum Gasteiger partial charge on any atom is -0.453 e. The Morgan fingerprint density at radius 3 is 1.51 bits per heavy atom. The molecule has 69 heavy (non-hydrogen) atoms. The Morgan fingerprint density at radius 1 is 0.449 bits per heavy atom. The van der Waals surface area contributed by atoms with E-state index in [1.165, 1.54) is 60.5 Å². The van der Waals surface area contributed by atoms with Crippen LogP contribution in [0.2, 0.25) is 0 Å². The lowest BCUT2D eigenvalue weighted by molar-refractivity contribution is 0.320. The molecule has 0 radical (unpaired) electrons. The molecule has 4 heteroatoms. The highest BCUT2D eigenvalue weighted by atomic mass is 16.5. The Labute approximate surface area is 403 Å². The minimum atomic E-state index is 0.0331. The van der Waals surface area contributed by atoms with Crippen LogP contribution in [0, 0.1) is 17.3 Å². The zero-order valence-electron chi connectivity index (χ0n) is 38.6. The van der Waals surface area contributed by atoms with E-state index in [0.29, 0.717) is 11.8 Å². The van der Waals surface area contributed by atoms with Crippen molar-refractivity contribution in [3.8, 4) is 45.3 Å². The van der Waals surface area contributed by atoms with Crippen LogP contribution in [0.1, 0.15) is 32.3 Å². The van der Waals surface area contributed by atoms with Gasteiger partial charge in [0, 0.05) is 17.3 Å². The molecule has 9 aromatic rings. The molecule has 2 atom stereocenters. The number of fused-ring (bicyclic) bond motifs is 8. The number of rotatable bonds is 5. The lowest BCUT2D eigenvalue weighted by Crippen LogP contribution is -2.23. The van der Waals surface area contributed by atoms with Gasteiger partial charge in [-0.2, -0.15) is 0 Å². The first kappa shape index (κ1) is 39.8. The van der Waals surface area contributed by atoms with Crippen molar-refractivity contribution in [1.29, 1.82) is 0 Å². The first-order valence-corrected chi connectivity index (χ1v) is 24.3. The quantitative estimate of drug-likeness (QED) is 0.161. The Balaban J connectivity index is 1.07. The van der Waals surface area contributed by atoms with Gasteiger partial charge in [-0.3, -0.25) is 0 Å². The predicted molar refractivity (Wildman–Crippen MR) is 285 cm³/mol. The second-order valence-corrected chi connectivity index (χ2v) is 19.5. The van der Waals surface area contributed by atoms with Gasteiger partial charge in [0.15, 0.2) is 23.0 Å². The smallest absolute Gasteiger partial charge is 0.151 e. The molecule has 2 heterocycles. The summed E-state index contributed by atoms with van der Waals surface area (Å²) < 4.78 is 13.1. The van der Waals surface area contributed by atoms with E-state index >= 15 is 0 Å². The van der Waals surface area contributed by atoms with Gasteiger partial charge in [-0.15, -0.1) is 0 Å². The number of allylic oxidation sites excluding steroid dienone is 8. The summed E-state index contributed by atoms with van der Waals surface area (Å²) in [5.74, 6) is 4.29. The number of hydrogen-bond donors (Lipinski definition) is 0. The summed E-state index contributed by atoms with van der Waals surface area (Å²) in [4.78, 5) is 4.73. The van der Waals surface area contributed by atoms with Crippen molar-refractivity contribution in [2.45, 2.75) is 26.7 Å². The van der Waals surface area contributed by atoms with Crippen molar-refractivity contribution < 1.29 is 9.47 Å². The van der Waals surface area contributed by atoms with Crippen LogP contribution in [0.15, 0.2) is 230 Å². The van der Waals surface area contributed by atoms with Crippen molar-refractivity contribution in [2.75, 3.05) is 9.80 Å². The highest BCUT2D eigenvalue weighted by molar-refractivity contribution is 6.23. The number of ether oxygens (including phenoxy) is 2.